The fraction of sp³-hybridized carbons (Fsp3) is 0.360. The highest BCUT2D eigenvalue weighted by molar-refractivity contribution is 6.46. The second-order valence-corrected chi connectivity index (χ2v) is 7.95. The zero-order chi connectivity index (χ0) is 22.8. The summed E-state index contributed by atoms with van der Waals surface area (Å²) in [7, 11) is 1.54. The fourth-order valence-electron chi connectivity index (χ4n) is 4.31. The number of aliphatic hydroxyl groups is 1. The van der Waals surface area contributed by atoms with Gasteiger partial charge in [-0.25, -0.2) is 0 Å². The van der Waals surface area contributed by atoms with Crippen molar-refractivity contribution in [3.8, 4) is 11.5 Å². The Kier molecular flexibility index (Phi) is 6.19. The number of amides is 1. The number of rotatable bonds is 7. The van der Waals surface area contributed by atoms with Crippen LogP contribution in [0, 0.1) is 0 Å². The maximum Gasteiger partial charge on any atom is 0.295 e. The number of likely N-dealkylation sites (tertiary alicyclic amines) is 1. The summed E-state index contributed by atoms with van der Waals surface area (Å²) in [5.74, 6) is -0.164. The average Bonchev–Trinajstić information content (AvgIpc) is 3.28. The van der Waals surface area contributed by atoms with E-state index in [9.17, 15) is 14.7 Å². The minimum Gasteiger partial charge on any atom is -0.507 e. The van der Waals surface area contributed by atoms with E-state index in [0.29, 0.717) is 23.5 Å². The van der Waals surface area contributed by atoms with Crippen molar-refractivity contribution in [2.45, 2.75) is 32.4 Å². The third-order valence-corrected chi connectivity index (χ3v) is 5.73. The van der Waals surface area contributed by atoms with Gasteiger partial charge in [-0.1, -0.05) is 12.1 Å². The predicted molar refractivity (Wildman–Crippen MR) is 119 cm³/mol. The average molecular weight is 437 g/mol. The largest absolute Gasteiger partial charge is 0.507 e. The lowest BCUT2D eigenvalue weighted by Crippen LogP contribution is -2.32. The van der Waals surface area contributed by atoms with Gasteiger partial charge in [0.2, 0.25) is 0 Å². The van der Waals surface area contributed by atoms with E-state index in [-0.39, 0.29) is 30.6 Å². The number of hydrogen-bond donors (Lipinski definition) is 1. The molecule has 2 aliphatic rings. The summed E-state index contributed by atoms with van der Waals surface area (Å²) in [6.07, 6.45) is 0.779. The number of Topliss-reactive ketones (excluding diaryl/α,β-unsaturated/α-hetero) is 1. The molecule has 168 valence electrons. The van der Waals surface area contributed by atoms with E-state index in [0.717, 1.165) is 17.7 Å². The summed E-state index contributed by atoms with van der Waals surface area (Å²) in [4.78, 5) is 27.4. The van der Waals surface area contributed by atoms with Crippen molar-refractivity contribution in [1.29, 1.82) is 0 Å². The quantitative estimate of drug-likeness (QED) is 0.406. The Balaban J connectivity index is 1.82. The van der Waals surface area contributed by atoms with Crippen LogP contribution < -0.4 is 9.47 Å². The smallest absolute Gasteiger partial charge is 0.295 e. The van der Waals surface area contributed by atoms with Gasteiger partial charge in [-0.15, -0.1) is 0 Å². The SMILES string of the molecule is CCOc1cccc([C@@H]2/C(=C(\O)c3ccc4c(c3)C[C@H](C)O4)C(=O)C(=O)N2CCOC)c1. The lowest BCUT2D eigenvalue weighted by Gasteiger charge is -2.25. The van der Waals surface area contributed by atoms with E-state index in [1.807, 2.05) is 38.1 Å². The Labute approximate surface area is 187 Å². The molecule has 2 heterocycles. The van der Waals surface area contributed by atoms with E-state index in [1.54, 1.807) is 18.2 Å². The first-order valence-electron chi connectivity index (χ1n) is 10.7. The van der Waals surface area contributed by atoms with Crippen LogP contribution in [-0.4, -0.2) is 54.7 Å². The molecule has 0 spiro atoms. The van der Waals surface area contributed by atoms with Crippen LogP contribution in [0.5, 0.6) is 11.5 Å². The highest BCUT2D eigenvalue weighted by atomic mass is 16.5. The molecule has 0 radical (unpaired) electrons. The first-order valence-corrected chi connectivity index (χ1v) is 10.7. The Morgan fingerprint density at radius 2 is 2.03 bits per heavy atom. The molecule has 7 heteroatoms. The van der Waals surface area contributed by atoms with Crippen molar-refractivity contribution >= 4 is 17.4 Å². The van der Waals surface area contributed by atoms with Gasteiger partial charge in [-0.05, 0) is 55.3 Å². The number of hydrogen-bond acceptors (Lipinski definition) is 6. The molecule has 0 bridgehead atoms. The highest BCUT2D eigenvalue weighted by Gasteiger charge is 2.46. The second kappa shape index (κ2) is 9.04. The number of benzene rings is 2. The van der Waals surface area contributed by atoms with Crippen molar-refractivity contribution in [2.75, 3.05) is 26.9 Å². The van der Waals surface area contributed by atoms with E-state index in [1.165, 1.54) is 12.0 Å². The van der Waals surface area contributed by atoms with Gasteiger partial charge in [-0.3, -0.25) is 9.59 Å². The van der Waals surface area contributed by atoms with Crippen LogP contribution in [0.15, 0.2) is 48.0 Å². The Morgan fingerprint density at radius 1 is 1.22 bits per heavy atom. The molecule has 32 heavy (non-hydrogen) atoms. The van der Waals surface area contributed by atoms with Gasteiger partial charge >= 0.3 is 0 Å². The lowest BCUT2D eigenvalue weighted by molar-refractivity contribution is -0.140. The van der Waals surface area contributed by atoms with Crippen molar-refractivity contribution in [1.82, 2.24) is 4.90 Å². The Hall–Kier alpha value is -3.32. The van der Waals surface area contributed by atoms with Gasteiger partial charge in [-0.2, -0.15) is 0 Å². The minimum absolute atomic E-state index is 0.0586. The first kappa shape index (κ1) is 21.9. The third-order valence-electron chi connectivity index (χ3n) is 5.73. The fourth-order valence-corrected chi connectivity index (χ4v) is 4.31. The van der Waals surface area contributed by atoms with Crippen LogP contribution in [-0.2, 0) is 20.7 Å². The zero-order valence-corrected chi connectivity index (χ0v) is 18.5. The summed E-state index contributed by atoms with van der Waals surface area (Å²) in [5, 5.41) is 11.2. The van der Waals surface area contributed by atoms with Crippen molar-refractivity contribution in [3.63, 3.8) is 0 Å². The summed E-state index contributed by atoms with van der Waals surface area (Å²) < 4.78 is 16.5. The summed E-state index contributed by atoms with van der Waals surface area (Å²) in [6, 6.07) is 11.8. The zero-order valence-electron chi connectivity index (χ0n) is 18.5. The van der Waals surface area contributed by atoms with Gasteiger partial charge in [0.25, 0.3) is 11.7 Å². The molecule has 0 unspecified atom stereocenters. The molecule has 2 aromatic carbocycles. The van der Waals surface area contributed by atoms with Crippen LogP contribution in [0.25, 0.3) is 5.76 Å². The molecule has 7 nitrogen and oxygen atoms in total. The molecule has 1 amide bonds. The van der Waals surface area contributed by atoms with E-state index in [4.69, 9.17) is 14.2 Å². The molecule has 2 aliphatic heterocycles. The number of fused-ring (bicyclic) bond motifs is 1. The number of ketones is 1. The summed E-state index contributed by atoms with van der Waals surface area (Å²) in [5.41, 5.74) is 2.19. The number of carbonyl (C=O) groups excluding carboxylic acids is 2. The van der Waals surface area contributed by atoms with E-state index >= 15 is 0 Å². The predicted octanol–water partition coefficient (Wildman–Crippen LogP) is 3.48. The first-order chi connectivity index (χ1) is 15.4. The van der Waals surface area contributed by atoms with Crippen LogP contribution in [0.3, 0.4) is 0 Å². The molecule has 2 atom stereocenters. The molecular weight excluding hydrogens is 410 g/mol. The normalized spacial score (nSPS) is 21.5. The number of methoxy groups -OCH3 is 1. The summed E-state index contributed by atoms with van der Waals surface area (Å²) >= 11 is 0. The van der Waals surface area contributed by atoms with Crippen molar-refractivity contribution < 1.29 is 28.9 Å². The number of nitrogens with zero attached hydrogens (tertiary/aromatic N) is 1. The van der Waals surface area contributed by atoms with Crippen LogP contribution in [0.2, 0.25) is 0 Å². The van der Waals surface area contributed by atoms with E-state index < -0.39 is 17.7 Å². The molecule has 0 saturated carbocycles. The molecule has 1 N–H and O–H groups in total. The molecule has 1 saturated heterocycles. The molecule has 0 aromatic heterocycles. The molecule has 0 aliphatic carbocycles. The van der Waals surface area contributed by atoms with Crippen molar-refractivity contribution in [3.05, 3.63) is 64.7 Å². The number of ether oxygens (including phenoxy) is 3. The van der Waals surface area contributed by atoms with Gasteiger partial charge in [0.05, 0.1) is 24.8 Å². The monoisotopic (exact) mass is 437 g/mol. The van der Waals surface area contributed by atoms with Gasteiger partial charge in [0, 0.05) is 25.6 Å². The van der Waals surface area contributed by atoms with Gasteiger partial charge in [0.15, 0.2) is 0 Å². The van der Waals surface area contributed by atoms with Crippen LogP contribution in [0.4, 0.5) is 0 Å². The summed E-state index contributed by atoms with van der Waals surface area (Å²) in [6.45, 7) is 4.84. The van der Waals surface area contributed by atoms with Crippen LogP contribution >= 0.6 is 0 Å². The van der Waals surface area contributed by atoms with Crippen LogP contribution in [0.1, 0.15) is 36.6 Å². The molecular formula is C25H27NO6. The van der Waals surface area contributed by atoms with Crippen molar-refractivity contribution in [2.24, 2.45) is 0 Å². The Bertz CT molecular complexity index is 1080. The molecule has 1 fully saturated rings. The standard InChI is InChI=1S/C25H27NO6/c1-4-31-19-7-5-6-16(14-19)22-21(24(28)25(29)26(22)10-11-30-3)23(27)17-8-9-20-18(13-17)12-15(2)32-20/h5-9,13-15,22,27H,4,10-12H2,1-3H3/b23-21+/t15-,22+/m0/s1. The van der Waals surface area contributed by atoms with Gasteiger partial charge < -0.3 is 24.2 Å². The molecule has 2 aromatic rings. The Morgan fingerprint density at radius 3 is 2.78 bits per heavy atom. The molecule has 4 rings (SSSR count). The maximum atomic E-state index is 13.1. The second-order valence-electron chi connectivity index (χ2n) is 7.95. The lowest BCUT2D eigenvalue weighted by atomic mass is 9.94. The minimum atomic E-state index is -0.742. The van der Waals surface area contributed by atoms with Gasteiger partial charge in [0.1, 0.15) is 23.4 Å². The number of aliphatic hydroxyl groups excluding tert-OH is 1. The maximum absolute atomic E-state index is 13.1. The van der Waals surface area contributed by atoms with E-state index in [2.05, 4.69) is 0 Å². The topological polar surface area (TPSA) is 85.3 Å². The third kappa shape index (κ3) is 3.96. The highest BCUT2D eigenvalue weighted by Crippen LogP contribution is 2.41. The number of carbonyl (C=O) groups is 2.